The summed E-state index contributed by atoms with van der Waals surface area (Å²) in [5.41, 5.74) is 3.46. The Labute approximate surface area is 225 Å². The number of esters is 1. The first kappa shape index (κ1) is 25.5. The van der Waals surface area contributed by atoms with E-state index in [1.165, 1.54) is 6.21 Å². The molecular weight excluding hydrogens is 492 g/mol. The molecule has 0 aliphatic carbocycles. The number of hydrogen-bond donors (Lipinski definition) is 1. The average molecular weight is 519 g/mol. The van der Waals surface area contributed by atoms with Crippen molar-refractivity contribution in [2.24, 2.45) is 5.10 Å². The number of nitrogens with zero attached hydrogens (tertiary/aromatic N) is 1. The Morgan fingerprint density at radius 3 is 2.23 bits per heavy atom. The molecule has 0 spiro atoms. The van der Waals surface area contributed by atoms with Gasteiger partial charge in [-0.25, -0.2) is 10.2 Å². The molecule has 194 valence electrons. The van der Waals surface area contributed by atoms with E-state index in [0.29, 0.717) is 28.4 Å². The fourth-order valence-electron chi connectivity index (χ4n) is 4.13. The molecule has 1 amide bonds. The van der Waals surface area contributed by atoms with E-state index in [-0.39, 0.29) is 0 Å². The Hall–Kier alpha value is -5.17. The summed E-state index contributed by atoms with van der Waals surface area (Å²) in [6.07, 6.45) is 0.683. The summed E-state index contributed by atoms with van der Waals surface area (Å²) in [5, 5.41) is 8.01. The molecule has 1 N–H and O–H groups in total. The summed E-state index contributed by atoms with van der Waals surface area (Å²) in [5.74, 6) is 0.593. The zero-order chi connectivity index (χ0) is 27.2. The molecule has 0 aliphatic rings. The number of rotatable bonds is 8. The molecule has 0 heterocycles. The molecule has 0 saturated heterocycles. The minimum Gasteiger partial charge on any atom is -0.497 e. The van der Waals surface area contributed by atoms with E-state index in [0.717, 1.165) is 21.5 Å². The third-order valence-electron chi connectivity index (χ3n) is 6.23. The maximum Gasteiger partial charge on any atom is 0.343 e. The molecule has 0 aliphatic heterocycles. The second-order valence-electron chi connectivity index (χ2n) is 8.82. The van der Waals surface area contributed by atoms with E-state index in [1.54, 1.807) is 44.4 Å². The lowest BCUT2D eigenvalue weighted by Gasteiger charge is -2.14. The van der Waals surface area contributed by atoms with Crippen LogP contribution >= 0.6 is 0 Å². The van der Waals surface area contributed by atoms with Crippen molar-refractivity contribution >= 4 is 39.6 Å². The van der Waals surface area contributed by atoms with Crippen molar-refractivity contribution in [3.63, 3.8) is 0 Å². The lowest BCUT2D eigenvalue weighted by atomic mass is 10.0. The number of methoxy groups -OCH3 is 1. The lowest BCUT2D eigenvalue weighted by molar-refractivity contribution is -0.127. The van der Waals surface area contributed by atoms with Crippen LogP contribution in [0.25, 0.3) is 21.5 Å². The first-order valence-corrected chi connectivity index (χ1v) is 12.4. The number of carbonyl (C=O) groups is 2. The molecule has 0 saturated carbocycles. The molecule has 7 nitrogen and oxygen atoms in total. The highest BCUT2D eigenvalue weighted by Gasteiger charge is 2.16. The Morgan fingerprint density at radius 2 is 1.46 bits per heavy atom. The van der Waals surface area contributed by atoms with Gasteiger partial charge in [0.05, 0.1) is 18.9 Å². The number of nitrogens with one attached hydrogen (secondary N) is 1. The van der Waals surface area contributed by atoms with Crippen LogP contribution in [0.15, 0.2) is 108 Å². The van der Waals surface area contributed by atoms with Crippen molar-refractivity contribution in [2.45, 2.75) is 13.0 Å². The van der Waals surface area contributed by atoms with E-state index in [4.69, 9.17) is 14.2 Å². The minimum absolute atomic E-state index is 0.313. The van der Waals surface area contributed by atoms with E-state index >= 15 is 0 Å². The second kappa shape index (κ2) is 11.5. The van der Waals surface area contributed by atoms with Crippen LogP contribution in [-0.4, -0.2) is 31.3 Å². The van der Waals surface area contributed by atoms with Gasteiger partial charge in [0.1, 0.15) is 17.2 Å². The van der Waals surface area contributed by atoms with Gasteiger partial charge in [0.2, 0.25) is 0 Å². The summed E-state index contributed by atoms with van der Waals surface area (Å²) < 4.78 is 16.7. The van der Waals surface area contributed by atoms with Gasteiger partial charge in [0, 0.05) is 5.56 Å². The van der Waals surface area contributed by atoms with Crippen molar-refractivity contribution < 1.29 is 23.8 Å². The molecule has 0 bridgehead atoms. The first-order valence-electron chi connectivity index (χ1n) is 12.4. The third-order valence-corrected chi connectivity index (χ3v) is 6.23. The highest BCUT2D eigenvalue weighted by Crippen LogP contribution is 2.28. The van der Waals surface area contributed by atoms with Gasteiger partial charge < -0.3 is 14.2 Å². The summed E-state index contributed by atoms with van der Waals surface area (Å²) in [6.45, 7) is 1.65. The maximum absolute atomic E-state index is 12.8. The smallest absolute Gasteiger partial charge is 0.343 e. The number of carbonyl (C=O) groups excluding carboxylic acids is 2. The van der Waals surface area contributed by atoms with Crippen LogP contribution in [0.2, 0.25) is 0 Å². The molecule has 5 aromatic rings. The van der Waals surface area contributed by atoms with Gasteiger partial charge in [-0.3, -0.25) is 4.79 Å². The summed E-state index contributed by atoms with van der Waals surface area (Å²) in [7, 11) is 1.56. The van der Waals surface area contributed by atoms with Crippen LogP contribution in [0.4, 0.5) is 0 Å². The zero-order valence-corrected chi connectivity index (χ0v) is 21.5. The van der Waals surface area contributed by atoms with Gasteiger partial charge in [-0.05, 0) is 70.9 Å². The van der Waals surface area contributed by atoms with Gasteiger partial charge >= 0.3 is 5.97 Å². The highest BCUT2D eigenvalue weighted by atomic mass is 16.5. The molecule has 5 aromatic carbocycles. The van der Waals surface area contributed by atoms with Gasteiger partial charge in [-0.1, -0.05) is 60.7 Å². The van der Waals surface area contributed by atoms with Crippen molar-refractivity contribution in [1.82, 2.24) is 5.43 Å². The average Bonchev–Trinajstić information content (AvgIpc) is 2.97. The Kier molecular flexibility index (Phi) is 7.50. The van der Waals surface area contributed by atoms with E-state index in [1.807, 2.05) is 72.8 Å². The number of ether oxygens (including phenoxy) is 3. The Morgan fingerprint density at radius 1 is 0.795 bits per heavy atom. The maximum atomic E-state index is 12.8. The van der Waals surface area contributed by atoms with Crippen molar-refractivity contribution in [3.8, 4) is 17.2 Å². The van der Waals surface area contributed by atoms with Gasteiger partial charge in [-0.2, -0.15) is 5.10 Å². The van der Waals surface area contributed by atoms with Crippen LogP contribution in [0.5, 0.6) is 17.2 Å². The predicted molar refractivity (Wildman–Crippen MR) is 152 cm³/mol. The lowest BCUT2D eigenvalue weighted by Crippen LogP contribution is -2.33. The fourth-order valence-corrected chi connectivity index (χ4v) is 4.13. The summed E-state index contributed by atoms with van der Waals surface area (Å²) in [4.78, 5) is 25.6. The molecular formula is C32H26N2O5. The molecule has 0 fully saturated rings. The largest absolute Gasteiger partial charge is 0.497 e. The van der Waals surface area contributed by atoms with E-state index < -0.39 is 18.0 Å². The van der Waals surface area contributed by atoms with Crippen LogP contribution in [-0.2, 0) is 4.79 Å². The Bertz CT molecular complexity index is 1680. The normalized spacial score (nSPS) is 11.8. The number of hydrazone groups is 1. The van der Waals surface area contributed by atoms with Crippen LogP contribution in [0.1, 0.15) is 22.8 Å². The topological polar surface area (TPSA) is 86.2 Å². The van der Waals surface area contributed by atoms with Crippen molar-refractivity contribution in [1.29, 1.82) is 0 Å². The molecule has 5 rings (SSSR count). The quantitative estimate of drug-likeness (QED) is 0.115. The first-order chi connectivity index (χ1) is 19.0. The molecule has 0 radical (unpaired) electrons. The SMILES string of the molecule is COc1ccc(C(=O)Oc2ccc3ccccc3c2C=NNC(=O)C(C)Oc2ccc3ccccc3c2)cc1. The molecule has 7 heteroatoms. The van der Waals surface area contributed by atoms with E-state index in [2.05, 4.69) is 10.5 Å². The van der Waals surface area contributed by atoms with Gasteiger partial charge in [0.15, 0.2) is 6.10 Å². The molecule has 1 unspecified atom stereocenters. The van der Waals surface area contributed by atoms with Crippen molar-refractivity contribution in [2.75, 3.05) is 7.11 Å². The number of benzene rings is 5. The number of hydrogen-bond acceptors (Lipinski definition) is 6. The third kappa shape index (κ3) is 5.88. The summed E-state index contributed by atoms with van der Waals surface area (Å²) in [6, 6.07) is 31.4. The van der Waals surface area contributed by atoms with Crippen LogP contribution in [0, 0.1) is 0 Å². The predicted octanol–water partition coefficient (Wildman–Crippen LogP) is 6.14. The van der Waals surface area contributed by atoms with Crippen LogP contribution in [0.3, 0.4) is 0 Å². The highest BCUT2D eigenvalue weighted by molar-refractivity contribution is 6.04. The number of amides is 1. The second-order valence-corrected chi connectivity index (χ2v) is 8.82. The monoisotopic (exact) mass is 518 g/mol. The molecule has 1 atom stereocenters. The Balaban J connectivity index is 1.32. The molecule has 0 aromatic heterocycles. The van der Waals surface area contributed by atoms with Gasteiger partial charge in [-0.15, -0.1) is 0 Å². The van der Waals surface area contributed by atoms with Gasteiger partial charge in [0.25, 0.3) is 5.91 Å². The van der Waals surface area contributed by atoms with Crippen molar-refractivity contribution in [3.05, 3.63) is 114 Å². The molecule has 39 heavy (non-hydrogen) atoms. The van der Waals surface area contributed by atoms with E-state index in [9.17, 15) is 9.59 Å². The minimum atomic E-state index is -0.789. The zero-order valence-electron chi connectivity index (χ0n) is 21.5. The number of fused-ring (bicyclic) bond motifs is 2. The summed E-state index contributed by atoms with van der Waals surface area (Å²) >= 11 is 0. The van der Waals surface area contributed by atoms with Crippen LogP contribution < -0.4 is 19.6 Å². The fraction of sp³-hybridized carbons (Fsp3) is 0.0938. The standard InChI is InChI=1S/C32H26N2O5/c1-21(38-27-17-11-22-7-3-4-9-25(22)19-27)31(35)34-33-20-29-28-10-6-5-8-23(28)14-18-30(29)39-32(36)24-12-15-26(37-2)16-13-24/h3-21H,1-2H3,(H,34,35).